The summed E-state index contributed by atoms with van der Waals surface area (Å²) in [5.74, 6) is -0.570. The van der Waals surface area contributed by atoms with Crippen LogP contribution in [0.1, 0.15) is 33.3 Å². The molecule has 0 bridgehead atoms. The molecular weight excluding hydrogens is 322 g/mol. The average molecular weight is 347 g/mol. The molecule has 1 aromatic rings. The number of amides is 3. The van der Waals surface area contributed by atoms with Crippen LogP contribution < -0.4 is 16.0 Å². The molecule has 7 nitrogen and oxygen atoms in total. The minimum atomic E-state index is -0.647. The minimum absolute atomic E-state index is 0.189. The number of rotatable bonds is 6. The zero-order chi connectivity index (χ0) is 19.0. The van der Waals surface area contributed by atoms with E-state index in [1.165, 1.54) is 0 Å². The molecule has 3 amide bonds. The van der Waals surface area contributed by atoms with Crippen molar-refractivity contribution in [3.8, 4) is 0 Å². The highest BCUT2D eigenvalue weighted by Gasteiger charge is 2.16. The van der Waals surface area contributed by atoms with E-state index >= 15 is 0 Å². The van der Waals surface area contributed by atoms with Crippen LogP contribution in [0.3, 0.4) is 0 Å². The first-order chi connectivity index (χ1) is 11.6. The summed E-state index contributed by atoms with van der Waals surface area (Å²) in [5.41, 5.74) is 1.31. The van der Waals surface area contributed by atoms with Crippen LogP contribution in [-0.2, 0) is 20.9 Å². The fourth-order valence-electron chi connectivity index (χ4n) is 1.71. The number of nitrogens with one attached hydrogen (secondary N) is 3. The van der Waals surface area contributed by atoms with Gasteiger partial charge in [0.25, 0.3) is 0 Å². The van der Waals surface area contributed by atoms with E-state index in [2.05, 4.69) is 22.5 Å². The number of ether oxygens (including phenoxy) is 1. The summed E-state index contributed by atoms with van der Waals surface area (Å²) in [6.45, 7) is 10.6. The summed E-state index contributed by atoms with van der Waals surface area (Å²) in [4.78, 5) is 34.7. The van der Waals surface area contributed by atoms with Crippen molar-refractivity contribution in [3.63, 3.8) is 0 Å². The number of carbonyl (C=O) groups is 3. The van der Waals surface area contributed by atoms with Crippen molar-refractivity contribution >= 4 is 23.6 Å². The Morgan fingerprint density at radius 3 is 2.20 bits per heavy atom. The van der Waals surface area contributed by atoms with Crippen molar-refractivity contribution in [2.75, 3.05) is 11.9 Å². The van der Waals surface area contributed by atoms with Crippen LogP contribution in [-0.4, -0.2) is 30.1 Å². The average Bonchev–Trinajstić information content (AvgIpc) is 2.50. The highest BCUT2D eigenvalue weighted by molar-refractivity contribution is 5.94. The lowest BCUT2D eigenvalue weighted by molar-refractivity contribution is -0.117. The molecule has 0 radical (unpaired) electrons. The quantitative estimate of drug-likeness (QED) is 0.688. The molecule has 0 aliphatic heterocycles. The molecule has 0 fully saturated rings. The molecule has 0 aliphatic carbocycles. The molecule has 3 N–H and O–H groups in total. The Kier molecular flexibility index (Phi) is 7.17. The third-order valence-electron chi connectivity index (χ3n) is 2.87. The number of hydrogen-bond donors (Lipinski definition) is 3. The van der Waals surface area contributed by atoms with E-state index in [4.69, 9.17) is 4.74 Å². The number of benzene rings is 1. The maximum absolute atomic E-state index is 11.8. The molecule has 0 saturated heterocycles. The second-order valence-corrected chi connectivity index (χ2v) is 6.56. The Morgan fingerprint density at radius 2 is 1.68 bits per heavy atom. The van der Waals surface area contributed by atoms with E-state index in [0.29, 0.717) is 17.8 Å². The molecule has 0 saturated carbocycles. The van der Waals surface area contributed by atoms with Crippen molar-refractivity contribution in [3.05, 3.63) is 42.0 Å². The monoisotopic (exact) mass is 347 g/mol. The van der Waals surface area contributed by atoms with Crippen LogP contribution in [0.4, 0.5) is 10.5 Å². The molecule has 0 atom stereocenters. The first kappa shape index (κ1) is 20.2. The third-order valence-corrected chi connectivity index (χ3v) is 2.87. The summed E-state index contributed by atoms with van der Waals surface area (Å²) >= 11 is 0. The Bertz CT molecular complexity index is 645. The maximum Gasteiger partial charge on any atom is 0.408 e. The standard InChI is InChI=1S/C18H25N3O4/c1-12(2)16(23)19-10-13-6-8-14(9-7-13)21-15(22)11-20-17(24)25-18(3,4)5/h6-9H,1,10-11H2,2-5H3,(H,19,23)(H,20,24)(H,21,22). The van der Waals surface area contributed by atoms with Gasteiger partial charge < -0.3 is 20.7 Å². The van der Waals surface area contributed by atoms with E-state index in [0.717, 1.165) is 5.56 Å². The molecule has 0 aromatic heterocycles. The van der Waals surface area contributed by atoms with Gasteiger partial charge >= 0.3 is 6.09 Å². The van der Waals surface area contributed by atoms with Crippen molar-refractivity contribution in [2.24, 2.45) is 0 Å². The molecule has 25 heavy (non-hydrogen) atoms. The van der Waals surface area contributed by atoms with Gasteiger partial charge in [0.05, 0.1) is 0 Å². The molecule has 1 aromatic carbocycles. The van der Waals surface area contributed by atoms with Crippen LogP contribution in [0.2, 0.25) is 0 Å². The number of hydrogen-bond acceptors (Lipinski definition) is 4. The summed E-state index contributed by atoms with van der Waals surface area (Å²) in [6, 6.07) is 7.01. The summed E-state index contributed by atoms with van der Waals surface area (Å²) in [6.07, 6.45) is -0.647. The highest BCUT2D eigenvalue weighted by atomic mass is 16.6. The van der Waals surface area contributed by atoms with Gasteiger partial charge in [-0.25, -0.2) is 4.79 Å². The van der Waals surface area contributed by atoms with E-state index < -0.39 is 11.7 Å². The van der Waals surface area contributed by atoms with Gasteiger partial charge in [0.15, 0.2) is 0 Å². The topological polar surface area (TPSA) is 96.5 Å². The van der Waals surface area contributed by atoms with Gasteiger partial charge in [0.1, 0.15) is 12.1 Å². The van der Waals surface area contributed by atoms with Crippen LogP contribution in [0.5, 0.6) is 0 Å². The molecule has 7 heteroatoms. The van der Waals surface area contributed by atoms with Gasteiger partial charge in [-0.3, -0.25) is 9.59 Å². The predicted molar refractivity (Wildman–Crippen MR) is 96.0 cm³/mol. The van der Waals surface area contributed by atoms with Gasteiger partial charge in [-0.05, 0) is 45.4 Å². The fraction of sp³-hybridized carbons (Fsp3) is 0.389. The second-order valence-electron chi connectivity index (χ2n) is 6.56. The maximum atomic E-state index is 11.8. The van der Waals surface area contributed by atoms with Gasteiger partial charge in [-0.15, -0.1) is 0 Å². The van der Waals surface area contributed by atoms with Crippen LogP contribution in [0.15, 0.2) is 36.4 Å². The van der Waals surface area contributed by atoms with Gasteiger partial charge in [-0.1, -0.05) is 18.7 Å². The smallest absolute Gasteiger partial charge is 0.408 e. The van der Waals surface area contributed by atoms with Crippen molar-refractivity contribution in [1.82, 2.24) is 10.6 Å². The normalized spacial score (nSPS) is 10.6. The summed E-state index contributed by atoms with van der Waals surface area (Å²) in [5, 5.41) is 7.77. The third kappa shape index (κ3) is 8.55. The largest absolute Gasteiger partial charge is 0.444 e. The molecule has 0 heterocycles. The first-order valence-electron chi connectivity index (χ1n) is 7.86. The molecule has 0 spiro atoms. The lowest BCUT2D eigenvalue weighted by atomic mass is 10.2. The molecule has 0 unspecified atom stereocenters. The minimum Gasteiger partial charge on any atom is -0.444 e. The Balaban J connectivity index is 2.41. The van der Waals surface area contributed by atoms with Crippen molar-refractivity contribution in [1.29, 1.82) is 0 Å². The van der Waals surface area contributed by atoms with E-state index in [9.17, 15) is 14.4 Å². The van der Waals surface area contributed by atoms with Crippen molar-refractivity contribution in [2.45, 2.75) is 39.8 Å². The van der Waals surface area contributed by atoms with Crippen LogP contribution >= 0.6 is 0 Å². The first-order valence-corrected chi connectivity index (χ1v) is 7.86. The highest BCUT2D eigenvalue weighted by Crippen LogP contribution is 2.10. The predicted octanol–water partition coefficient (Wildman–Crippen LogP) is 2.34. The van der Waals surface area contributed by atoms with Crippen LogP contribution in [0, 0.1) is 0 Å². The number of carbonyl (C=O) groups excluding carboxylic acids is 3. The van der Waals surface area contributed by atoms with Gasteiger partial charge in [0, 0.05) is 17.8 Å². The van der Waals surface area contributed by atoms with Gasteiger partial charge in [-0.2, -0.15) is 0 Å². The summed E-state index contributed by atoms with van der Waals surface area (Å²) < 4.78 is 5.05. The SMILES string of the molecule is C=C(C)C(=O)NCc1ccc(NC(=O)CNC(=O)OC(C)(C)C)cc1. The molecule has 136 valence electrons. The van der Waals surface area contributed by atoms with Crippen molar-refractivity contribution < 1.29 is 19.1 Å². The van der Waals surface area contributed by atoms with E-state index in [1.54, 1.807) is 52.0 Å². The van der Waals surface area contributed by atoms with E-state index in [-0.39, 0.29) is 18.4 Å². The Hall–Kier alpha value is -2.83. The summed E-state index contributed by atoms with van der Waals surface area (Å²) in [7, 11) is 0. The molecule has 1 rings (SSSR count). The Labute approximate surface area is 147 Å². The second kappa shape index (κ2) is 8.86. The fourth-order valence-corrected chi connectivity index (χ4v) is 1.71. The number of alkyl carbamates (subject to hydrolysis) is 1. The van der Waals surface area contributed by atoms with Crippen LogP contribution in [0.25, 0.3) is 0 Å². The Morgan fingerprint density at radius 1 is 1.08 bits per heavy atom. The zero-order valence-electron chi connectivity index (χ0n) is 15.1. The van der Waals surface area contributed by atoms with Gasteiger partial charge in [0.2, 0.25) is 11.8 Å². The molecular formula is C18H25N3O4. The lowest BCUT2D eigenvalue weighted by Crippen LogP contribution is -2.37. The number of anilines is 1. The zero-order valence-corrected chi connectivity index (χ0v) is 15.1. The lowest BCUT2D eigenvalue weighted by Gasteiger charge is -2.19. The van der Waals surface area contributed by atoms with E-state index in [1.807, 2.05) is 0 Å². The molecule has 0 aliphatic rings.